The van der Waals surface area contributed by atoms with Crippen LogP contribution in [0.4, 0.5) is 4.79 Å². The van der Waals surface area contributed by atoms with Gasteiger partial charge < -0.3 is 20.7 Å². The lowest BCUT2D eigenvalue weighted by Gasteiger charge is -2.30. The second kappa shape index (κ2) is 6.75. The summed E-state index contributed by atoms with van der Waals surface area (Å²) in [5, 5.41) is 2.58. The zero-order valence-electron chi connectivity index (χ0n) is 12.1. The number of nitrogens with two attached hydrogens (primary N) is 1. The number of alkyl carbamates (subject to hydrolysis) is 1. The molecule has 0 radical (unpaired) electrons. The Morgan fingerprint density at radius 2 is 1.89 bits per heavy atom. The fourth-order valence-electron chi connectivity index (χ4n) is 1.89. The van der Waals surface area contributed by atoms with Crippen molar-refractivity contribution in [3.63, 3.8) is 0 Å². The first-order chi connectivity index (χ1) is 8.78. The Labute approximate surface area is 114 Å². The molecule has 0 aromatic carbocycles. The van der Waals surface area contributed by atoms with Gasteiger partial charge in [0.2, 0.25) is 5.91 Å². The normalized spacial score (nSPS) is 17.2. The van der Waals surface area contributed by atoms with Crippen LogP contribution in [0.25, 0.3) is 0 Å². The highest BCUT2D eigenvalue weighted by molar-refractivity contribution is 5.77. The number of carbonyl (C=O) groups is 2. The third-order valence-corrected chi connectivity index (χ3v) is 2.90. The molecule has 1 aliphatic heterocycles. The van der Waals surface area contributed by atoms with Gasteiger partial charge in [0.05, 0.1) is 0 Å². The van der Waals surface area contributed by atoms with E-state index in [-0.39, 0.29) is 11.9 Å². The van der Waals surface area contributed by atoms with Gasteiger partial charge in [-0.05, 0) is 33.6 Å². The van der Waals surface area contributed by atoms with Crippen molar-refractivity contribution in [2.75, 3.05) is 19.6 Å². The molecule has 1 rings (SSSR count). The Hall–Kier alpha value is -1.30. The minimum atomic E-state index is -0.517. The molecule has 0 aromatic rings. The van der Waals surface area contributed by atoms with Crippen molar-refractivity contribution >= 4 is 12.0 Å². The van der Waals surface area contributed by atoms with Gasteiger partial charge in [-0.15, -0.1) is 0 Å². The highest BCUT2D eigenvalue weighted by atomic mass is 16.6. The second-order valence-corrected chi connectivity index (χ2v) is 5.90. The zero-order chi connectivity index (χ0) is 14.5. The van der Waals surface area contributed by atoms with Crippen LogP contribution in [0, 0.1) is 0 Å². The van der Waals surface area contributed by atoms with Gasteiger partial charge in [0.15, 0.2) is 0 Å². The number of amides is 2. The van der Waals surface area contributed by atoms with Gasteiger partial charge >= 0.3 is 6.09 Å². The molecule has 1 heterocycles. The molecular formula is C13H25N3O3. The van der Waals surface area contributed by atoms with Crippen LogP contribution in [0.2, 0.25) is 0 Å². The number of piperidine rings is 1. The molecule has 6 heteroatoms. The Balaban J connectivity index is 2.18. The molecular weight excluding hydrogens is 246 g/mol. The molecule has 3 N–H and O–H groups in total. The van der Waals surface area contributed by atoms with Crippen molar-refractivity contribution in [1.29, 1.82) is 0 Å². The molecule has 0 aromatic heterocycles. The van der Waals surface area contributed by atoms with Crippen LogP contribution in [0.15, 0.2) is 0 Å². The summed E-state index contributed by atoms with van der Waals surface area (Å²) in [6.07, 6.45) is 1.52. The quantitative estimate of drug-likeness (QED) is 0.797. The van der Waals surface area contributed by atoms with Gasteiger partial charge in [-0.2, -0.15) is 0 Å². The smallest absolute Gasteiger partial charge is 0.407 e. The van der Waals surface area contributed by atoms with Gasteiger partial charge in [-0.1, -0.05) is 0 Å². The molecule has 1 saturated heterocycles. The van der Waals surface area contributed by atoms with E-state index in [4.69, 9.17) is 10.5 Å². The van der Waals surface area contributed by atoms with Crippen LogP contribution in [0.1, 0.15) is 40.0 Å². The maximum absolute atomic E-state index is 11.9. The molecule has 0 spiro atoms. The number of rotatable bonds is 3. The van der Waals surface area contributed by atoms with Crippen molar-refractivity contribution in [3.8, 4) is 0 Å². The van der Waals surface area contributed by atoms with Gasteiger partial charge in [0.25, 0.3) is 0 Å². The van der Waals surface area contributed by atoms with Crippen molar-refractivity contribution in [2.45, 2.75) is 51.7 Å². The molecule has 19 heavy (non-hydrogen) atoms. The summed E-state index contributed by atoms with van der Waals surface area (Å²) in [4.78, 5) is 25.1. The molecule has 0 saturated carbocycles. The van der Waals surface area contributed by atoms with E-state index < -0.39 is 11.7 Å². The number of ether oxygens (including phenoxy) is 1. The summed E-state index contributed by atoms with van der Waals surface area (Å²) in [5.41, 5.74) is 5.27. The third-order valence-electron chi connectivity index (χ3n) is 2.90. The predicted molar refractivity (Wildman–Crippen MR) is 72.6 cm³/mol. The number of hydrogen-bond donors (Lipinski definition) is 2. The third kappa shape index (κ3) is 6.42. The lowest BCUT2D eigenvalue weighted by molar-refractivity contribution is -0.132. The molecule has 0 aliphatic carbocycles. The van der Waals surface area contributed by atoms with Crippen LogP contribution in [-0.2, 0) is 9.53 Å². The first kappa shape index (κ1) is 15.8. The van der Waals surface area contributed by atoms with Gasteiger partial charge in [0.1, 0.15) is 5.60 Å². The van der Waals surface area contributed by atoms with Gasteiger partial charge in [-0.25, -0.2) is 4.79 Å². The van der Waals surface area contributed by atoms with Crippen LogP contribution >= 0.6 is 0 Å². The molecule has 6 nitrogen and oxygen atoms in total. The fraction of sp³-hybridized carbons (Fsp3) is 0.846. The topological polar surface area (TPSA) is 84.7 Å². The molecule has 0 atom stereocenters. The van der Waals surface area contributed by atoms with Crippen LogP contribution in [0.3, 0.4) is 0 Å². The number of hydrogen-bond acceptors (Lipinski definition) is 4. The summed E-state index contributed by atoms with van der Waals surface area (Å²) in [5.74, 6) is 0.0583. The standard InChI is InChI=1S/C13H25N3O3/c1-13(2,3)19-12(18)15-7-4-11(17)16-8-5-10(14)6-9-16/h10H,4-9,14H2,1-3H3,(H,15,18). The average molecular weight is 271 g/mol. The maximum atomic E-state index is 11.9. The van der Waals surface area contributed by atoms with Gasteiger partial charge in [-0.3, -0.25) is 4.79 Å². The van der Waals surface area contributed by atoms with Crippen molar-refractivity contribution in [3.05, 3.63) is 0 Å². The highest BCUT2D eigenvalue weighted by Gasteiger charge is 2.21. The summed E-state index contributed by atoms with van der Waals surface area (Å²) in [7, 11) is 0. The Kier molecular flexibility index (Phi) is 5.60. The predicted octanol–water partition coefficient (Wildman–Crippen LogP) is 0.851. The summed E-state index contributed by atoms with van der Waals surface area (Å²) < 4.78 is 5.09. The summed E-state index contributed by atoms with van der Waals surface area (Å²) in [6.45, 7) is 7.13. The van der Waals surface area contributed by atoms with Gasteiger partial charge in [0, 0.05) is 32.1 Å². The Morgan fingerprint density at radius 3 is 2.42 bits per heavy atom. The monoisotopic (exact) mass is 271 g/mol. The maximum Gasteiger partial charge on any atom is 0.407 e. The fourth-order valence-corrected chi connectivity index (χ4v) is 1.89. The summed E-state index contributed by atoms with van der Waals surface area (Å²) in [6, 6.07) is 0.212. The molecule has 1 aliphatic rings. The number of nitrogens with one attached hydrogen (secondary N) is 1. The largest absolute Gasteiger partial charge is 0.444 e. The van der Waals surface area contributed by atoms with E-state index in [1.807, 2.05) is 0 Å². The van der Waals surface area contributed by atoms with Crippen molar-refractivity contribution in [1.82, 2.24) is 10.2 Å². The minimum Gasteiger partial charge on any atom is -0.444 e. The SMILES string of the molecule is CC(C)(C)OC(=O)NCCC(=O)N1CCC(N)CC1. The Bertz CT molecular complexity index is 318. The first-order valence-electron chi connectivity index (χ1n) is 6.78. The average Bonchev–Trinajstić information content (AvgIpc) is 2.27. The van der Waals surface area contributed by atoms with E-state index in [2.05, 4.69) is 5.32 Å². The van der Waals surface area contributed by atoms with Crippen LogP contribution in [0.5, 0.6) is 0 Å². The molecule has 110 valence electrons. The lowest BCUT2D eigenvalue weighted by atomic mass is 10.1. The van der Waals surface area contributed by atoms with E-state index in [1.54, 1.807) is 25.7 Å². The first-order valence-corrected chi connectivity index (χ1v) is 6.78. The Morgan fingerprint density at radius 1 is 1.32 bits per heavy atom. The summed E-state index contributed by atoms with van der Waals surface area (Å²) >= 11 is 0. The van der Waals surface area contributed by atoms with Crippen LogP contribution in [-0.4, -0.2) is 48.2 Å². The van der Waals surface area contributed by atoms with E-state index in [1.165, 1.54) is 0 Å². The number of nitrogens with zero attached hydrogens (tertiary/aromatic N) is 1. The highest BCUT2D eigenvalue weighted by Crippen LogP contribution is 2.09. The minimum absolute atomic E-state index is 0.0583. The number of carbonyl (C=O) groups excluding carboxylic acids is 2. The van der Waals surface area contributed by atoms with E-state index in [0.29, 0.717) is 26.1 Å². The molecule has 1 fully saturated rings. The zero-order valence-corrected chi connectivity index (χ0v) is 12.1. The number of likely N-dealkylation sites (tertiary alicyclic amines) is 1. The van der Waals surface area contributed by atoms with E-state index in [0.717, 1.165) is 12.8 Å². The van der Waals surface area contributed by atoms with Crippen molar-refractivity contribution < 1.29 is 14.3 Å². The second-order valence-electron chi connectivity index (χ2n) is 5.90. The van der Waals surface area contributed by atoms with Crippen molar-refractivity contribution in [2.24, 2.45) is 5.73 Å². The molecule has 0 unspecified atom stereocenters. The molecule has 0 bridgehead atoms. The molecule has 2 amide bonds. The van der Waals surface area contributed by atoms with E-state index >= 15 is 0 Å². The lowest BCUT2D eigenvalue weighted by Crippen LogP contribution is -2.44. The van der Waals surface area contributed by atoms with E-state index in [9.17, 15) is 9.59 Å². The van der Waals surface area contributed by atoms with Crippen LogP contribution < -0.4 is 11.1 Å².